The fourth-order valence-corrected chi connectivity index (χ4v) is 2.56. The third kappa shape index (κ3) is 4.32. The fourth-order valence-electron chi connectivity index (χ4n) is 2.39. The molecule has 3 rings (SSSR count). The first-order chi connectivity index (χ1) is 12.3. The summed E-state index contributed by atoms with van der Waals surface area (Å²) >= 11 is 5.80. The van der Waals surface area contributed by atoms with E-state index in [0.29, 0.717) is 11.3 Å². The first-order valence-electron chi connectivity index (χ1n) is 7.54. The van der Waals surface area contributed by atoms with Gasteiger partial charge in [0.05, 0.1) is 11.3 Å². The number of hydrogen-bond acceptors (Lipinski definition) is 2. The maximum atomic E-state index is 13.4. The number of ether oxygens (including phenoxy) is 1. The van der Waals surface area contributed by atoms with Crippen LogP contribution >= 0.6 is 11.6 Å². The Morgan fingerprint density at radius 3 is 2.42 bits per heavy atom. The van der Waals surface area contributed by atoms with Gasteiger partial charge in [0.15, 0.2) is 0 Å². The van der Waals surface area contributed by atoms with Crippen LogP contribution in [0.3, 0.4) is 0 Å². The summed E-state index contributed by atoms with van der Waals surface area (Å²) in [4.78, 5) is 4.02. The molecular formula is C19H12ClF4NO. The third-order valence-electron chi connectivity index (χ3n) is 3.58. The summed E-state index contributed by atoms with van der Waals surface area (Å²) in [7, 11) is 0. The predicted octanol–water partition coefficient (Wildman–Crippen LogP) is 6.14. The molecule has 1 aromatic heterocycles. The Hall–Kier alpha value is -2.60. The van der Waals surface area contributed by atoms with Crippen LogP contribution in [0.2, 0.25) is 5.15 Å². The largest absolute Gasteiger partial charge is 0.488 e. The zero-order chi connectivity index (χ0) is 18.7. The van der Waals surface area contributed by atoms with Crippen LogP contribution in [-0.2, 0) is 12.8 Å². The lowest BCUT2D eigenvalue weighted by molar-refractivity contribution is -0.139. The van der Waals surface area contributed by atoms with Crippen molar-refractivity contribution in [3.63, 3.8) is 0 Å². The highest BCUT2D eigenvalue weighted by molar-refractivity contribution is 6.29. The number of nitrogens with zero attached hydrogens (tertiary/aromatic N) is 1. The van der Waals surface area contributed by atoms with Crippen LogP contribution in [0.15, 0.2) is 60.7 Å². The molecule has 0 aliphatic heterocycles. The van der Waals surface area contributed by atoms with Crippen molar-refractivity contribution in [2.45, 2.75) is 12.8 Å². The van der Waals surface area contributed by atoms with Crippen molar-refractivity contribution in [2.75, 3.05) is 0 Å². The molecule has 26 heavy (non-hydrogen) atoms. The molecule has 0 bridgehead atoms. The molecule has 1 heterocycles. The molecule has 2 aromatic carbocycles. The molecule has 0 saturated heterocycles. The van der Waals surface area contributed by atoms with Crippen molar-refractivity contribution in [3.05, 3.63) is 82.8 Å². The Labute approximate surface area is 152 Å². The van der Waals surface area contributed by atoms with E-state index in [2.05, 4.69) is 4.98 Å². The first-order valence-corrected chi connectivity index (χ1v) is 7.92. The van der Waals surface area contributed by atoms with E-state index < -0.39 is 17.6 Å². The average molecular weight is 382 g/mol. The van der Waals surface area contributed by atoms with Gasteiger partial charge in [-0.15, -0.1) is 0 Å². The third-order valence-corrected chi connectivity index (χ3v) is 3.79. The van der Waals surface area contributed by atoms with Gasteiger partial charge in [0, 0.05) is 5.56 Å². The lowest BCUT2D eigenvalue weighted by atomic mass is 10.1. The van der Waals surface area contributed by atoms with E-state index in [0.717, 1.165) is 6.07 Å². The van der Waals surface area contributed by atoms with Crippen LogP contribution in [0.5, 0.6) is 5.75 Å². The second-order valence-corrected chi connectivity index (χ2v) is 5.86. The van der Waals surface area contributed by atoms with Gasteiger partial charge in [-0.2, -0.15) is 13.2 Å². The van der Waals surface area contributed by atoms with Crippen LogP contribution < -0.4 is 4.74 Å². The lowest BCUT2D eigenvalue weighted by Gasteiger charge is -2.15. The van der Waals surface area contributed by atoms with Crippen LogP contribution in [0.4, 0.5) is 17.6 Å². The molecule has 0 aliphatic rings. The molecule has 0 fully saturated rings. The lowest BCUT2D eigenvalue weighted by Crippen LogP contribution is -2.09. The Morgan fingerprint density at radius 2 is 1.73 bits per heavy atom. The van der Waals surface area contributed by atoms with Gasteiger partial charge in [-0.25, -0.2) is 9.37 Å². The maximum absolute atomic E-state index is 13.4. The van der Waals surface area contributed by atoms with Gasteiger partial charge in [-0.05, 0) is 48.0 Å². The molecule has 0 aliphatic carbocycles. The van der Waals surface area contributed by atoms with Gasteiger partial charge in [0.2, 0.25) is 0 Å². The van der Waals surface area contributed by atoms with E-state index in [1.165, 1.54) is 36.4 Å². The molecule has 0 radical (unpaired) electrons. The summed E-state index contributed by atoms with van der Waals surface area (Å²) in [6.45, 7) is -0.185. The van der Waals surface area contributed by atoms with Gasteiger partial charge in [0.1, 0.15) is 23.3 Å². The van der Waals surface area contributed by atoms with Crippen molar-refractivity contribution in [1.82, 2.24) is 4.98 Å². The summed E-state index contributed by atoms with van der Waals surface area (Å²) in [6, 6.07) is 13.8. The summed E-state index contributed by atoms with van der Waals surface area (Å²) in [5.41, 5.74) is 0.0736. The van der Waals surface area contributed by atoms with Crippen molar-refractivity contribution >= 4 is 11.6 Å². The highest BCUT2D eigenvalue weighted by atomic mass is 35.5. The van der Waals surface area contributed by atoms with Crippen molar-refractivity contribution in [2.24, 2.45) is 0 Å². The SMILES string of the molecule is Fc1cccc(COc2ccc(-c3cccc(Cl)n3)cc2C(F)(F)F)c1. The molecule has 0 N–H and O–H groups in total. The van der Waals surface area contributed by atoms with Crippen LogP contribution in [0.1, 0.15) is 11.1 Å². The van der Waals surface area contributed by atoms with Gasteiger partial charge in [-0.3, -0.25) is 0 Å². The van der Waals surface area contributed by atoms with Gasteiger partial charge >= 0.3 is 6.18 Å². The van der Waals surface area contributed by atoms with Gasteiger partial charge in [-0.1, -0.05) is 29.8 Å². The normalized spacial score (nSPS) is 11.4. The monoisotopic (exact) mass is 381 g/mol. The van der Waals surface area contributed by atoms with E-state index in [1.54, 1.807) is 18.2 Å². The minimum atomic E-state index is -4.62. The topological polar surface area (TPSA) is 22.1 Å². The molecule has 0 amide bonds. The number of alkyl halides is 3. The highest BCUT2D eigenvalue weighted by Crippen LogP contribution is 2.39. The summed E-state index contributed by atoms with van der Waals surface area (Å²) in [5.74, 6) is -0.822. The minimum Gasteiger partial charge on any atom is -0.488 e. The average Bonchev–Trinajstić information content (AvgIpc) is 2.59. The summed E-state index contributed by atoms with van der Waals surface area (Å²) < 4.78 is 58.7. The smallest absolute Gasteiger partial charge is 0.419 e. The van der Waals surface area contributed by atoms with E-state index in [1.807, 2.05) is 0 Å². The van der Waals surface area contributed by atoms with Crippen LogP contribution in [0, 0.1) is 5.82 Å². The molecular weight excluding hydrogens is 370 g/mol. The van der Waals surface area contributed by atoms with Gasteiger partial charge in [0.25, 0.3) is 0 Å². The molecule has 3 aromatic rings. The number of hydrogen-bond donors (Lipinski definition) is 0. The van der Waals surface area contributed by atoms with Gasteiger partial charge < -0.3 is 4.74 Å². The van der Waals surface area contributed by atoms with E-state index in [-0.39, 0.29) is 23.1 Å². The number of benzene rings is 2. The molecule has 2 nitrogen and oxygen atoms in total. The molecule has 0 unspecified atom stereocenters. The number of halogens is 5. The zero-order valence-electron chi connectivity index (χ0n) is 13.2. The van der Waals surface area contributed by atoms with E-state index >= 15 is 0 Å². The van der Waals surface area contributed by atoms with Crippen LogP contribution in [-0.4, -0.2) is 4.98 Å². The molecule has 7 heteroatoms. The number of pyridine rings is 1. The second-order valence-electron chi connectivity index (χ2n) is 5.47. The molecule has 0 atom stereocenters. The first kappa shape index (κ1) is 18.2. The highest BCUT2D eigenvalue weighted by Gasteiger charge is 2.35. The Kier molecular flexibility index (Phi) is 5.13. The Balaban J connectivity index is 1.92. The van der Waals surface area contributed by atoms with Crippen LogP contribution in [0.25, 0.3) is 11.3 Å². The standard InChI is InChI=1S/C19H12ClF4NO/c20-18-6-2-5-16(25-18)13-7-8-17(15(10-13)19(22,23)24)26-11-12-3-1-4-14(21)9-12/h1-10H,11H2. The minimum absolute atomic E-state index is 0.183. The van der Waals surface area contributed by atoms with Crippen molar-refractivity contribution in [3.8, 4) is 17.0 Å². The van der Waals surface area contributed by atoms with E-state index in [4.69, 9.17) is 16.3 Å². The molecule has 0 spiro atoms. The maximum Gasteiger partial charge on any atom is 0.419 e. The summed E-state index contributed by atoms with van der Waals surface area (Å²) in [6.07, 6.45) is -4.62. The Morgan fingerprint density at radius 1 is 0.962 bits per heavy atom. The molecule has 134 valence electrons. The fraction of sp³-hybridized carbons (Fsp3) is 0.105. The number of aromatic nitrogens is 1. The molecule has 0 saturated carbocycles. The van der Waals surface area contributed by atoms with Crippen molar-refractivity contribution in [1.29, 1.82) is 0 Å². The Bertz CT molecular complexity index is 927. The summed E-state index contributed by atoms with van der Waals surface area (Å²) in [5, 5.41) is 0.183. The second kappa shape index (κ2) is 7.33. The zero-order valence-corrected chi connectivity index (χ0v) is 14.0. The quantitative estimate of drug-likeness (QED) is 0.400. The number of rotatable bonds is 4. The van der Waals surface area contributed by atoms with Crippen molar-refractivity contribution < 1.29 is 22.3 Å². The van der Waals surface area contributed by atoms with E-state index in [9.17, 15) is 17.6 Å². The predicted molar refractivity (Wildman–Crippen MR) is 90.4 cm³/mol.